The van der Waals surface area contributed by atoms with Gasteiger partial charge in [-0.05, 0) is 18.2 Å². The van der Waals surface area contributed by atoms with Crippen LogP contribution in [0.1, 0.15) is 5.56 Å². The molecule has 4 heteroatoms. The minimum absolute atomic E-state index is 0.750. The molecule has 2 rings (SSSR count). The Balaban J connectivity index is 2.41. The molecule has 84 valence electrons. The highest BCUT2D eigenvalue weighted by Crippen LogP contribution is 2.30. The van der Waals surface area contributed by atoms with Gasteiger partial charge in [-0.1, -0.05) is 6.58 Å². The van der Waals surface area contributed by atoms with Crippen LogP contribution in [0, 0.1) is 0 Å². The van der Waals surface area contributed by atoms with Gasteiger partial charge in [-0.25, -0.2) is 0 Å². The van der Waals surface area contributed by atoms with E-state index in [9.17, 15) is 0 Å². The molecule has 16 heavy (non-hydrogen) atoms. The van der Waals surface area contributed by atoms with Crippen molar-refractivity contribution in [2.24, 2.45) is 0 Å². The van der Waals surface area contributed by atoms with Gasteiger partial charge in [-0.3, -0.25) is 0 Å². The van der Waals surface area contributed by atoms with Crippen LogP contribution in [0.15, 0.2) is 36.8 Å². The van der Waals surface area contributed by atoms with Crippen LogP contribution in [-0.2, 0) is 0 Å². The van der Waals surface area contributed by atoms with Crippen molar-refractivity contribution >= 4 is 5.70 Å². The van der Waals surface area contributed by atoms with E-state index in [1.54, 1.807) is 14.2 Å². The number of methoxy groups -OCH3 is 2. The van der Waals surface area contributed by atoms with Crippen LogP contribution in [0.3, 0.4) is 0 Å². The fourth-order valence-electron chi connectivity index (χ4n) is 1.56. The van der Waals surface area contributed by atoms with Gasteiger partial charge >= 0.3 is 0 Å². The smallest absolute Gasteiger partial charge is 0.128 e. The summed E-state index contributed by atoms with van der Waals surface area (Å²) in [6.07, 6.45) is 1.85. The second kappa shape index (κ2) is 4.18. The third-order valence-electron chi connectivity index (χ3n) is 2.37. The zero-order valence-corrected chi connectivity index (χ0v) is 9.33. The fraction of sp³-hybridized carbons (Fsp3) is 0.167. The minimum atomic E-state index is 0.750. The fourth-order valence-corrected chi connectivity index (χ4v) is 1.56. The summed E-state index contributed by atoms with van der Waals surface area (Å²) in [6.45, 7) is 3.78. The summed E-state index contributed by atoms with van der Waals surface area (Å²) < 4.78 is 10.5. The molecule has 0 saturated carbocycles. The molecule has 0 aromatic heterocycles. The maximum Gasteiger partial charge on any atom is 0.128 e. The summed E-state index contributed by atoms with van der Waals surface area (Å²) in [5, 5.41) is 6.11. The highest BCUT2D eigenvalue weighted by molar-refractivity contribution is 5.73. The van der Waals surface area contributed by atoms with E-state index < -0.39 is 0 Å². The molecule has 0 atom stereocenters. The van der Waals surface area contributed by atoms with Gasteiger partial charge in [0.25, 0.3) is 0 Å². The van der Waals surface area contributed by atoms with Gasteiger partial charge in [0.1, 0.15) is 11.5 Å². The van der Waals surface area contributed by atoms with E-state index >= 15 is 0 Å². The van der Waals surface area contributed by atoms with Gasteiger partial charge in [0.15, 0.2) is 0 Å². The van der Waals surface area contributed by atoms with Crippen LogP contribution >= 0.6 is 0 Å². The number of hydrogen-bond donors (Lipinski definition) is 2. The molecule has 2 N–H and O–H groups in total. The quantitative estimate of drug-likeness (QED) is 0.809. The molecule has 1 aliphatic rings. The highest BCUT2D eigenvalue weighted by atomic mass is 16.5. The maximum absolute atomic E-state index is 5.30. The number of nitrogens with one attached hydrogen (secondary N) is 2. The van der Waals surface area contributed by atoms with Gasteiger partial charge in [0, 0.05) is 11.8 Å². The topological polar surface area (TPSA) is 42.5 Å². The standard InChI is InChI=1S/C12H14N2O2/c1-8-13-7-11(14-8)10-6-9(15-2)4-5-12(10)16-3/h4-7,13-14H,1H2,2-3H3. The number of rotatable bonds is 3. The van der Waals surface area contributed by atoms with E-state index in [2.05, 4.69) is 17.2 Å². The van der Waals surface area contributed by atoms with Gasteiger partial charge in [0.05, 0.1) is 25.7 Å². The zero-order chi connectivity index (χ0) is 11.5. The van der Waals surface area contributed by atoms with Gasteiger partial charge in [-0.2, -0.15) is 0 Å². The molecule has 0 amide bonds. The van der Waals surface area contributed by atoms with Crippen molar-refractivity contribution in [1.29, 1.82) is 0 Å². The summed E-state index contributed by atoms with van der Waals surface area (Å²) in [7, 11) is 3.28. The maximum atomic E-state index is 5.30. The Kier molecular flexibility index (Phi) is 2.72. The lowest BCUT2D eigenvalue weighted by Gasteiger charge is -2.11. The summed E-state index contributed by atoms with van der Waals surface area (Å²) in [6, 6.07) is 5.65. The Morgan fingerprint density at radius 3 is 2.56 bits per heavy atom. The predicted molar refractivity (Wildman–Crippen MR) is 62.9 cm³/mol. The van der Waals surface area contributed by atoms with Crippen molar-refractivity contribution in [1.82, 2.24) is 10.6 Å². The summed E-state index contributed by atoms with van der Waals surface area (Å²) in [4.78, 5) is 0. The van der Waals surface area contributed by atoms with Crippen LogP contribution < -0.4 is 20.1 Å². The molecule has 0 fully saturated rings. The Labute approximate surface area is 94.6 Å². The highest BCUT2D eigenvalue weighted by Gasteiger charge is 2.14. The number of hydrogen-bond acceptors (Lipinski definition) is 4. The van der Waals surface area contributed by atoms with Crippen molar-refractivity contribution < 1.29 is 9.47 Å². The van der Waals surface area contributed by atoms with Crippen LogP contribution in [0.2, 0.25) is 0 Å². The van der Waals surface area contributed by atoms with Crippen molar-refractivity contribution in [2.75, 3.05) is 14.2 Å². The SMILES string of the molecule is C=C1NC=C(c2cc(OC)ccc2OC)N1. The van der Waals surface area contributed by atoms with Crippen molar-refractivity contribution in [2.45, 2.75) is 0 Å². The first kappa shape index (κ1) is 10.4. The molecule has 1 aromatic rings. The minimum Gasteiger partial charge on any atom is -0.497 e. The van der Waals surface area contributed by atoms with Crippen LogP contribution in [0.4, 0.5) is 0 Å². The first-order valence-corrected chi connectivity index (χ1v) is 4.89. The molecular formula is C12H14N2O2. The van der Waals surface area contributed by atoms with E-state index in [-0.39, 0.29) is 0 Å². The van der Waals surface area contributed by atoms with E-state index in [0.29, 0.717) is 0 Å². The van der Waals surface area contributed by atoms with Crippen LogP contribution in [0.5, 0.6) is 11.5 Å². The Morgan fingerprint density at radius 2 is 2.00 bits per heavy atom. The normalized spacial score (nSPS) is 13.9. The molecule has 0 spiro atoms. The molecule has 1 aliphatic heterocycles. The summed E-state index contributed by atoms with van der Waals surface area (Å²) in [5.41, 5.74) is 1.86. The monoisotopic (exact) mass is 218 g/mol. The molecule has 0 unspecified atom stereocenters. The second-order valence-electron chi connectivity index (χ2n) is 3.37. The predicted octanol–water partition coefficient (Wildman–Crippen LogP) is 1.67. The molecule has 0 radical (unpaired) electrons. The summed E-state index contributed by atoms with van der Waals surface area (Å²) in [5.74, 6) is 2.33. The number of benzene rings is 1. The van der Waals surface area contributed by atoms with E-state index in [1.807, 2.05) is 24.4 Å². The second-order valence-corrected chi connectivity index (χ2v) is 3.37. The molecule has 0 bridgehead atoms. The number of ether oxygens (including phenoxy) is 2. The van der Waals surface area contributed by atoms with E-state index in [0.717, 1.165) is 28.6 Å². The lowest BCUT2D eigenvalue weighted by molar-refractivity contribution is 0.402. The summed E-state index contributed by atoms with van der Waals surface area (Å²) >= 11 is 0. The van der Waals surface area contributed by atoms with Crippen LogP contribution in [0.25, 0.3) is 5.70 Å². The Bertz CT molecular complexity index is 452. The third kappa shape index (κ3) is 1.82. The molecule has 0 saturated heterocycles. The first-order valence-electron chi connectivity index (χ1n) is 4.89. The lowest BCUT2D eigenvalue weighted by Crippen LogP contribution is -2.10. The van der Waals surface area contributed by atoms with Crippen molar-refractivity contribution in [3.05, 3.63) is 42.4 Å². The van der Waals surface area contributed by atoms with Crippen LogP contribution in [-0.4, -0.2) is 14.2 Å². The first-order chi connectivity index (χ1) is 7.74. The van der Waals surface area contributed by atoms with Gasteiger partial charge in [-0.15, -0.1) is 0 Å². The molecule has 4 nitrogen and oxygen atoms in total. The zero-order valence-electron chi connectivity index (χ0n) is 9.33. The molecule has 0 aliphatic carbocycles. The van der Waals surface area contributed by atoms with Crippen molar-refractivity contribution in [3.8, 4) is 11.5 Å². The average Bonchev–Trinajstić information content (AvgIpc) is 2.75. The van der Waals surface area contributed by atoms with Crippen molar-refractivity contribution in [3.63, 3.8) is 0 Å². The van der Waals surface area contributed by atoms with E-state index in [4.69, 9.17) is 9.47 Å². The molecule has 1 heterocycles. The van der Waals surface area contributed by atoms with E-state index in [1.165, 1.54) is 0 Å². The lowest BCUT2D eigenvalue weighted by atomic mass is 10.1. The molecule has 1 aromatic carbocycles. The average molecular weight is 218 g/mol. The Morgan fingerprint density at radius 1 is 1.19 bits per heavy atom. The largest absolute Gasteiger partial charge is 0.497 e. The third-order valence-corrected chi connectivity index (χ3v) is 2.37. The Hall–Kier alpha value is -2.10. The van der Waals surface area contributed by atoms with Gasteiger partial charge in [0.2, 0.25) is 0 Å². The molecular weight excluding hydrogens is 204 g/mol. The van der Waals surface area contributed by atoms with Gasteiger partial charge < -0.3 is 20.1 Å².